The summed E-state index contributed by atoms with van der Waals surface area (Å²) in [6.07, 6.45) is -3.27. The van der Waals surface area contributed by atoms with Crippen LogP contribution in [-0.2, 0) is 6.18 Å². The number of nitrogens with one attached hydrogen (secondary N) is 1. The molecule has 0 bridgehead atoms. The Balaban J connectivity index is 2.20. The third-order valence-corrected chi connectivity index (χ3v) is 3.05. The molecule has 1 amide bonds. The Bertz CT molecular complexity index is 573. The van der Waals surface area contributed by atoms with Crippen LogP contribution in [0.3, 0.4) is 0 Å². The standard InChI is InChI=1S/C13H10F4N2O/c14-10-4-3-8(5-9(10)13(15,16)17)12(20)19-11(6-18)7-1-2-7/h3-5,7,11H,1-2H2,(H,19,20). The fourth-order valence-electron chi connectivity index (χ4n) is 1.79. The molecule has 2 rings (SSSR count). The molecule has 1 unspecified atom stereocenters. The molecule has 1 N–H and O–H groups in total. The number of nitrogens with zero attached hydrogens (tertiary/aromatic N) is 1. The van der Waals surface area contributed by atoms with Crippen molar-refractivity contribution in [1.82, 2.24) is 5.32 Å². The van der Waals surface area contributed by atoms with E-state index in [0.717, 1.165) is 18.9 Å². The van der Waals surface area contributed by atoms with Gasteiger partial charge in [-0.3, -0.25) is 4.79 Å². The lowest BCUT2D eigenvalue weighted by Crippen LogP contribution is -2.35. The second-order valence-electron chi connectivity index (χ2n) is 4.61. The summed E-state index contributed by atoms with van der Waals surface area (Å²) in [4.78, 5) is 11.8. The number of benzene rings is 1. The molecule has 1 atom stereocenters. The molecular formula is C13H10F4N2O. The monoisotopic (exact) mass is 286 g/mol. The molecule has 0 spiro atoms. The SMILES string of the molecule is N#CC(NC(=O)c1ccc(F)c(C(F)(F)F)c1)C1CC1. The Morgan fingerprint density at radius 2 is 2.05 bits per heavy atom. The lowest BCUT2D eigenvalue weighted by atomic mass is 10.1. The minimum atomic E-state index is -4.87. The summed E-state index contributed by atoms with van der Waals surface area (Å²) < 4.78 is 50.7. The van der Waals surface area contributed by atoms with E-state index in [0.29, 0.717) is 12.1 Å². The van der Waals surface area contributed by atoms with Gasteiger partial charge in [0.15, 0.2) is 0 Å². The van der Waals surface area contributed by atoms with Gasteiger partial charge in [0.05, 0.1) is 11.6 Å². The van der Waals surface area contributed by atoms with Crippen LogP contribution in [0.15, 0.2) is 18.2 Å². The molecule has 1 aromatic rings. The molecular weight excluding hydrogens is 276 g/mol. The van der Waals surface area contributed by atoms with E-state index in [1.165, 1.54) is 0 Å². The van der Waals surface area contributed by atoms with E-state index in [4.69, 9.17) is 5.26 Å². The highest BCUT2D eigenvalue weighted by Crippen LogP contribution is 2.33. The van der Waals surface area contributed by atoms with Crippen molar-refractivity contribution in [2.45, 2.75) is 25.1 Å². The zero-order valence-electron chi connectivity index (χ0n) is 10.2. The fourth-order valence-corrected chi connectivity index (χ4v) is 1.79. The van der Waals surface area contributed by atoms with Crippen molar-refractivity contribution in [1.29, 1.82) is 5.26 Å². The Morgan fingerprint density at radius 3 is 2.55 bits per heavy atom. The molecule has 0 heterocycles. The highest BCUT2D eigenvalue weighted by molar-refractivity contribution is 5.94. The lowest BCUT2D eigenvalue weighted by molar-refractivity contribution is -0.140. The van der Waals surface area contributed by atoms with Crippen molar-refractivity contribution in [3.63, 3.8) is 0 Å². The van der Waals surface area contributed by atoms with Gasteiger partial charge >= 0.3 is 6.18 Å². The van der Waals surface area contributed by atoms with Gasteiger partial charge in [-0.25, -0.2) is 4.39 Å². The van der Waals surface area contributed by atoms with Crippen LogP contribution in [0.2, 0.25) is 0 Å². The maximum absolute atomic E-state index is 13.1. The Morgan fingerprint density at radius 1 is 1.40 bits per heavy atom. The number of amides is 1. The number of carbonyl (C=O) groups is 1. The first-order chi connectivity index (χ1) is 9.32. The third-order valence-electron chi connectivity index (χ3n) is 3.05. The lowest BCUT2D eigenvalue weighted by Gasteiger charge is -2.12. The average molecular weight is 286 g/mol. The van der Waals surface area contributed by atoms with Crippen molar-refractivity contribution < 1.29 is 22.4 Å². The fraction of sp³-hybridized carbons (Fsp3) is 0.385. The van der Waals surface area contributed by atoms with E-state index in [1.54, 1.807) is 0 Å². The molecule has 3 nitrogen and oxygen atoms in total. The maximum Gasteiger partial charge on any atom is 0.419 e. The predicted octanol–water partition coefficient (Wildman–Crippen LogP) is 2.88. The first-order valence-corrected chi connectivity index (χ1v) is 5.90. The Kier molecular flexibility index (Phi) is 3.66. The largest absolute Gasteiger partial charge is 0.419 e. The number of carbonyl (C=O) groups excluding carboxylic acids is 1. The number of halogens is 4. The minimum Gasteiger partial charge on any atom is -0.336 e. The van der Waals surface area contributed by atoms with Crippen molar-refractivity contribution in [2.75, 3.05) is 0 Å². The van der Waals surface area contributed by atoms with Crippen molar-refractivity contribution in [2.24, 2.45) is 5.92 Å². The molecule has 1 fully saturated rings. The number of rotatable bonds is 3. The molecule has 7 heteroatoms. The van der Waals surface area contributed by atoms with Gasteiger partial charge in [0, 0.05) is 5.56 Å². The molecule has 0 aromatic heterocycles. The van der Waals surface area contributed by atoms with E-state index in [-0.39, 0.29) is 11.5 Å². The number of hydrogen-bond donors (Lipinski definition) is 1. The third kappa shape index (κ3) is 3.07. The molecule has 0 radical (unpaired) electrons. The van der Waals surface area contributed by atoms with Gasteiger partial charge in [0.2, 0.25) is 0 Å². The van der Waals surface area contributed by atoms with E-state index >= 15 is 0 Å². The summed E-state index contributed by atoms with van der Waals surface area (Å²) in [5.41, 5.74) is -1.82. The number of hydrogen-bond acceptors (Lipinski definition) is 2. The predicted molar refractivity (Wildman–Crippen MR) is 61.0 cm³/mol. The van der Waals surface area contributed by atoms with Crippen LogP contribution < -0.4 is 5.32 Å². The summed E-state index contributed by atoms with van der Waals surface area (Å²) in [6.45, 7) is 0. The van der Waals surface area contributed by atoms with Crippen molar-refractivity contribution >= 4 is 5.91 Å². The van der Waals surface area contributed by atoms with Crippen molar-refractivity contribution in [3.8, 4) is 6.07 Å². The average Bonchev–Trinajstić information content (AvgIpc) is 3.19. The van der Waals surface area contributed by atoms with Gasteiger partial charge < -0.3 is 5.32 Å². The zero-order valence-corrected chi connectivity index (χ0v) is 10.2. The molecule has 1 aliphatic carbocycles. The van der Waals surface area contributed by atoms with Crippen LogP contribution in [0.25, 0.3) is 0 Å². The second kappa shape index (κ2) is 5.12. The summed E-state index contributed by atoms with van der Waals surface area (Å²) in [5, 5.41) is 11.2. The highest BCUT2D eigenvalue weighted by atomic mass is 19.4. The number of alkyl halides is 3. The smallest absolute Gasteiger partial charge is 0.336 e. The van der Waals surface area contributed by atoms with Gasteiger partial charge in [0.1, 0.15) is 11.9 Å². The van der Waals surface area contributed by atoms with Crippen LogP contribution >= 0.6 is 0 Å². The molecule has 0 saturated heterocycles. The van der Waals surface area contributed by atoms with Crippen LogP contribution in [0.4, 0.5) is 17.6 Å². The van der Waals surface area contributed by atoms with E-state index in [2.05, 4.69) is 5.32 Å². The summed E-state index contributed by atoms with van der Waals surface area (Å²) in [6, 6.07) is 3.18. The van der Waals surface area contributed by atoms with Crippen molar-refractivity contribution in [3.05, 3.63) is 35.1 Å². The normalized spacial score (nSPS) is 16.4. The summed E-state index contributed by atoms with van der Waals surface area (Å²) >= 11 is 0. The summed E-state index contributed by atoms with van der Waals surface area (Å²) in [5.74, 6) is -2.20. The Hall–Kier alpha value is -2.10. The van der Waals surface area contributed by atoms with Gasteiger partial charge in [-0.15, -0.1) is 0 Å². The second-order valence-corrected chi connectivity index (χ2v) is 4.61. The van der Waals surface area contributed by atoms with Gasteiger partial charge in [-0.1, -0.05) is 0 Å². The topological polar surface area (TPSA) is 52.9 Å². The van der Waals surface area contributed by atoms with Crippen LogP contribution in [-0.4, -0.2) is 11.9 Å². The van der Waals surface area contributed by atoms with Crippen LogP contribution in [0, 0.1) is 23.1 Å². The maximum atomic E-state index is 13.1. The first-order valence-electron chi connectivity index (χ1n) is 5.90. The molecule has 106 valence electrons. The highest BCUT2D eigenvalue weighted by Gasteiger charge is 2.36. The molecule has 1 saturated carbocycles. The van der Waals surface area contributed by atoms with Gasteiger partial charge in [-0.05, 0) is 37.0 Å². The van der Waals surface area contributed by atoms with Crippen LogP contribution in [0.5, 0.6) is 0 Å². The van der Waals surface area contributed by atoms with E-state index in [1.807, 2.05) is 6.07 Å². The Labute approximate surface area is 112 Å². The quantitative estimate of drug-likeness (QED) is 0.869. The first kappa shape index (κ1) is 14.3. The molecule has 1 aromatic carbocycles. The summed E-state index contributed by atoms with van der Waals surface area (Å²) in [7, 11) is 0. The molecule has 0 aliphatic heterocycles. The van der Waals surface area contributed by atoms with E-state index in [9.17, 15) is 22.4 Å². The zero-order chi connectivity index (χ0) is 14.9. The minimum absolute atomic E-state index is 0.0477. The van der Waals surface area contributed by atoms with E-state index < -0.39 is 29.5 Å². The van der Waals surface area contributed by atoms with Crippen LogP contribution in [0.1, 0.15) is 28.8 Å². The van der Waals surface area contributed by atoms with Gasteiger partial charge in [-0.2, -0.15) is 18.4 Å². The molecule has 1 aliphatic rings. The number of nitriles is 1. The molecule has 20 heavy (non-hydrogen) atoms. The van der Waals surface area contributed by atoms with Gasteiger partial charge in [0.25, 0.3) is 5.91 Å².